The number of amides is 1. The van der Waals surface area contributed by atoms with Crippen LogP contribution in [0.4, 0.5) is 11.4 Å². The average Bonchev–Trinajstić information content (AvgIpc) is 2.79. The van der Waals surface area contributed by atoms with Crippen molar-refractivity contribution in [2.75, 3.05) is 16.6 Å². The molecule has 0 aliphatic rings. The van der Waals surface area contributed by atoms with Crippen LogP contribution < -0.4 is 20.1 Å². The Labute approximate surface area is 206 Å². The third kappa shape index (κ3) is 7.01. The van der Waals surface area contributed by atoms with Crippen LogP contribution in [-0.2, 0) is 10.0 Å². The Bertz CT molecular complexity index is 1230. The molecule has 1 amide bonds. The number of halogens is 1. The van der Waals surface area contributed by atoms with Crippen molar-refractivity contribution in [3.63, 3.8) is 0 Å². The second-order valence-electron chi connectivity index (χ2n) is 6.90. The first-order chi connectivity index (χ1) is 15.8. The molecule has 172 valence electrons. The van der Waals surface area contributed by atoms with Crippen LogP contribution in [0.15, 0.2) is 82.2 Å². The number of para-hydroxylation sites is 1. The number of benzene rings is 3. The van der Waals surface area contributed by atoms with E-state index in [0.717, 1.165) is 6.42 Å². The fraction of sp³-hybridized carbons (Fsp3) is 0.130. The summed E-state index contributed by atoms with van der Waals surface area (Å²) in [5, 5.41) is 5.56. The number of ether oxygens (including phenoxy) is 1. The molecule has 0 atom stereocenters. The number of hydrogen-bond acceptors (Lipinski definition) is 5. The van der Waals surface area contributed by atoms with Gasteiger partial charge in [0.15, 0.2) is 5.11 Å². The molecule has 7 nitrogen and oxygen atoms in total. The highest BCUT2D eigenvalue weighted by molar-refractivity contribution is 9.10. The van der Waals surface area contributed by atoms with Crippen LogP contribution in [0.2, 0.25) is 0 Å². The molecule has 0 saturated carbocycles. The number of nitrogens with one attached hydrogen (secondary N) is 3. The highest BCUT2D eigenvalue weighted by Gasteiger charge is 2.15. The van der Waals surface area contributed by atoms with E-state index >= 15 is 0 Å². The Morgan fingerprint density at radius 3 is 2.33 bits per heavy atom. The summed E-state index contributed by atoms with van der Waals surface area (Å²) in [6.45, 7) is 2.60. The normalized spacial score (nSPS) is 10.8. The van der Waals surface area contributed by atoms with Gasteiger partial charge in [0.25, 0.3) is 15.9 Å². The van der Waals surface area contributed by atoms with Crippen molar-refractivity contribution in [2.24, 2.45) is 0 Å². The SMILES string of the molecule is CCCOc1ccc(C(=O)NC(=S)Nc2ccc(S(=O)(=O)Nc3ccccc3)cc2)cc1Br. The maximum absolute atomic E-state index is 12.5. The number of carbonyl (C=O) groups excluding carboxylic acids is 1. The summed E-state index contributed by atoms with van der Waals surface area (Å²) in [5.41, 5.74) is 1.41. The first-order valence-electron chi connectivity index (χ1n) is 10.0. The molecule has 0 fully saturated rings. The summed E-state index contributed by atoms with van der Waals surface area (Å²) in [5.74, 6) is 0.271. The molecule has 0 bridgehead atoms. The molecular weight excluding hydrogens is 526 g/mol. The molecule has 0 saturated heterocycles. The molecule has 0 spiro atoms. The van der Waals surface area contributed by atoms with Gasteiger partial charge in [0, 0.05) is 16.9 Å². The van der Waals surface area contributed by atoms with Crippen LogP contribution in [0.5, 0.6) is 5.75 Å². The Balaban J connectivity index is 1.59. The maximum atomic E-state index is 12.5. The highest BCUT2D eigenvalue weighted by Crippen LogP contribution is 2.26. The quantitative estimate of drug-likeness (QED) is 0.337. The second-order valence-corrected chi connectivity index (χ2v) is 9.84. The minimum absolute atomic E-state index is 0.0837. The number of anilines is 2. The van der Waals surface area contributed by atoms with E-state index in [9.17, 15) is 13.2 Å². The van der Waals surface area contributed by atoms with Gasteiger partial charge in [-0.2, -0.15) is 0 Å². The summed E-state index contributed by atoms with van der Waals surface area (Å²) in [4.78, 5) is 12.6. The van der Waals surface area contributed by atoms with Crippen molar-refractivity contribution in [1.82, 2.24) is 5.32 Å². The number of thiocarbonyl (C=S) groups is 1. The first-order valence-corrected chi connectivity index (χ1v) is 12.7. The van der Waals surface area contributed by atoms with Gasteiger partial charge in [-0.15, -0.1) is 0 Å². The van der Waals surface area contributed by atoms with Crippen molar-refractivity contribution in [1.29, 1.82) is 0 Å². The summed E-state index contributed by atoms with van der Waals surface area (Å²) in [7, 11) is -3.72. The van der Waals surface area contributed by atoms with Gasteiger partial charge in [0.2, 0.25) is 0 Å². The smallest absolute Gasteiger partial charge is 0.261 e. The van der Waals surface area contributed by atoms with Gasteiger partial charge in [-0.05, 0) is 89.2 Å². The first kappa shape index (κ1) is 24.7. The van der Waals surface area contributed by atoms with Crippen molar-refractivity contribution in [3.8, 4) is 5.75 Å². The molecule has 3 aromatic rings. The lowest BCUT2D eigenvalue weighted by atomic mass is 10.2. The standard InChI is InChI=1S/C23H22BrN3O4S2/c1-2-14-31-21-13-8-16(15-20(21)24)22(28)26-23(32)25-17-9-11-19(12-10-17)33(29,30)27-18-6-4-3-5-7-18/h3-13,15,27H,2,14H2,1H3,(H2,25,26,28,32). The van der Waals surface area contributed by atoms with Gasteiger partial charge in [-0.25, -0.2) is 8.42 Å². The Kier molecular flexibility index (Phi) is 8.43. The van der Waals surface area contributed by atoms with Gasteiger partial charge in [-0.1, -0.05) is 25.1 Å². The molecule has 3 aromatic carbocycles. The molecule has 0 aliphatic carbocycles. The monoisotopic (exact) mass is 547 g/mol. The van der Waals surface area contributed by atoms with Crippen molar-refractivity contribution in [3.05, 3.63) is 82.8 Å². The largest absolute Gasteiger partial charge is 0.492 e. The van der Waals surface area contributed by atoms with Gasteiger partial charge in [0.1, 0.15) is 5.75 Å². The fourth-order valence-corrected chi connectivity index (χ4v) is 4.51. The maximum Gasteiger partial charge on any atom is 0.261 e. The summed E-state index contributed by atoms with van der Waals surface area (Å²) >= 11 is 8.61. The molecule has 0 aliphatic heterocycles. The minimum Gasteiger partial charge on any atom is -0.492 e. The summed E-state index contributed by atoms with van der Waals surface area (Å²) < 4.78 is 33.8. The van der Waals surface area contributed by atoms with Gasteiger partial charge in [-0.3, -0.25) is 14.8 Å². The molecule has 10 heteroatoms. The lowest BCUT2D eigenvalue weighted by molar-refractivity contribution is 0.0977. The van der Waals surface area contributed by atoms with E-state index in [0.29, 0.717) is 33.8 Å². The molecule has 3 rings (SSSR count). The third-order valence-corrected chi connectivity index (χ3v) is 6.55. The topological polar surface area (TPSA) is 96.5 Å². The predicted octanol–water partition coefficient (Wildman–Crippen LogP) is 5.17. The van der Waals surface area contributed by atoms with Crippen LogP contribution in [0.1, 0.15) is 23.7 Å². The van der Waals surface area contributed by atoms with Gasteiger partial charge in [0.05, 0.1) is 16.0 Å². The molecule has 33 heavy (non-hydrogen) atoms. The zero-order valence-electron chi connectivity index (χ0n) is 17.7. The lowest BCUT2D eigenvalue weighted by Gasteiger charge is -2.12. The Hall–Kier alpha value is -2.95. The minimum atomic E-state index is -3.72. The summed E-state index contributed by atoms with van der Waals surface area (Å²) in [6.07, 6.45) is 0.880. The number of sulfonamides is 1. The molecule has 0 aromatic heterocycles. The van der Waals surface area contributed by atoms with Crippen LogP contribution in [0.25, 0.3) is 0 Å². The molecule has 0 heterocycles. The highest BCUT2D eigenvalue weighted by atomic mass is 79.9. The predicted molar refractivity (Wildman–Crippen MR) is 137 cm³/mol. The van der Waals surface area contributed by atoms with E-state index in [4.69, 9.17) is 17.0 Å². The zero-order chi connectivity index (χ0) is 23.8. The van der Waals surface area contributed by atoms with Crippen LogP contribution in [-0.4, -0.2) is 26.0 Å². The average molecular weight is 548 g/mol. The van der Waals surface area contributed by atoms with Gasteiger partial charge < -0.3 is 10.1 Å². The fourth-order valence-electron chi connectivity index (χ4n) is 2.75. The van der Waals surface area contributed by atoms with E-state index in [1.807, 2.05) is 6.92 Å². The van der Waals surface area contributed by atoms with E-state index in [1.54, 1.807) is 60.7 Å². The van der Waals surface area contributed by atoms with Crippen molar-refractivity contribution in [2.45, 2.75) is 18.2 Å². The number of rotatable bonds is 8. The van der Waals surface area contributed by atoms with Crippen LogP contribution >= 0.6 is 28.1 Å². The van der Waals surface area contributed by atoms with Crippen LogP contribution in [0, 0.1) is 0 Å². The van der Waals surface area contributed by atoms with E-state index in [1.165, 1.54) is 12.1 Å². The van der Waals surface area contributed by atoms with E-state index in [2.05, 4.69) is 31.3 Å². The Morgan fingerprint density at radius 1 is 1.00 bits per heavy atom. The lowest BCUT2D eigenvalue weighted by Crippen LogP contribution is -2.34. The second kappa shape index (κ2) is 11.3. The third-order valence-electron chi connectivity index (χ3n) is 4.33. The molecule has 0 radical (unpaired) electrons. The van der Waals surface area contributed by atoms with E-state index in [-0.39, 0.29) is 15.9 Å². The van der Waals surface area contributed by atoms with Crippen molar-refractivity contribution >= 4 is 60.6 Å². The number of carbonyl (C=O) groups is 1. The molecule has 3 N–H and O–H groups in total. The molecular formula is C23H22BrN3O4S2. The van der Waals surface area contributed by atoms with Gasteiger partial charge >= 0.3 is 0 Å². The van der Waals surface area contributed by atoms with Crippen molar-refractivity contribution < 1.29 is 17.9 Å². The van der Waals surface area contributed by atoms with Crippen LogP contribution in [0.3, 0.4) is 0 Å². The van der Waals surface area contributed by atoms with E-state index < -0.39 is 10.0 Å². The summed E-state index contributed by atoms with van der Waals surface area (Å²) in [6, 6.07) is 19.7. The Morgan fingerprint density at radius 2 is 1.70 bits per heavy atom. The molecule has 0 unspecified atom stereocenters. The number of hydrogen-bond donors (Lipinski definition) is 3. The zero-order valence-corrected chi connectivity index (χ0v) is 20.9.